The number of carbonyl (C=O) groups excluding carboxylic acids is 1. The maximum absolute atomic E-state index is 12.1. The third kappa shape index (κ3) is 3.93. The van der Waals surface area contributed by atoms with Gasteiger partial charge in [0.1, 0.15) is 5.75 Å². The summed E-state index contributed by atoms with van der Waals surface area (Å²) in [6.07, 6.45) is 1.92. The largest absolute Gasteiger partial charge is 0.497 e. The van der Waals surface area contributed by atoms with Crippen molar-refractivity contribution in [1.82, 2.24) is 0 Å². The molecule has 2 aromatic carbocycles. The van der Waals surface area contributed by atoms with E-state index >= 15 is 0 Å². The number of sulfone groups is 1. The third-order valence-corrected chi connectivity index (χ3v) is 5.98. The van der Waals surface area contributed by atoms with Gasteiger partial charge in [0.2, 0.25) is 5.91 Å². The van der Waals surface area contributed by atoms with Crippen LogP contribution in [0.4, 0.5) is 11.4 Å². The van der Waals surface area contributed by atoms with Crippen molar-refractivity contribution in [3.05, 3.63) is 48.0 Å². The average Bonchev–Trinajstić information content (AvgIpc) is 2.60. The van der Waals surface area contributed by atoms with E-state index in [2.05, 4.69) is 5.32 Å². The van der Waals surface area contributed by atoms with Crippen LogP contribution in [0.25, 0.3) is 0 Å². The predicted molar refractivity (Wildman–Crippen MR) is 106 cm³/mol. The maximum atomic E-state index is 12.1. The lowest BCUT2D eigenvalue weighted by molar-refractivity contribution is -0.117. The Morgan fingerprint density at radius 3 is 2.41 bits per heavy atom. The lowest BCUT2D eigenvalue weighted by atomic mass is 9.91. The van der Waals surface area contributed by atoms with Gasteiger partial charge in [-0.15, -0.1) is 0 Å². The number of anilines is 2. The van der Waals surface area contributed by atoms with E-state index in [0.29, 0.717) is 0 Å². The summed E-state index contributed by atoms with van der Waals surface area (Å²) in [6.45, 7) is 3.60. The molecule has 0 saturated carbocycles. The quantitative estimate of drug-likeness (QED) is 0.869. The molecule has 1 N–H and O–H groups in total. The molecule has 27 heavy (non-hydrogen) atoms. The average molecular weight is 388 g/mol. The highest BCUT2D eigenvalue weighted by Gasteiger charge is 2.32. The molecule has 1 amide bonds. The zero-order chi connectivity index (χ0) is 19.8. The summed E-state index contributed by atoms with van der Waals surface area (Å²) in [4.78, 5) is 14.2. The molecule has 0 aliphatic carbocycles. The van der Waals surface area contributed by atoms with Crippen molar-refractivity contribution in [1.29, 1.82) is 0 Å². The van der Waals surface area contributed by atoms with Gasteiger partial charge in [0.25, 0.3) is 0 Å². The van der Waals surface area contributed by atoms with Crippen LogP contribution in [0.2, 0.25) is 0 Å². The second-order valence-corrected chi connectivity index (χ2v) is 8.91. The molecule has 0 spiro atoms. The Morgan fingerprint density at radius 1 is 1.19 bits per heavy atom. The first kappa shape index (κ1) is 19.2. The van der Waals surface area contributed by atoms with Crippen LogP contribution in [0.1, 0.15) is 31.9 Å². The first-order chi connectivity index (χ1) is 12.7. The van der Waals surface area contributed by atoms with Crippen molar-refractivity contribution in [3.8, 4) is 5.75 Å². The van der Waals surface area contributed by atoms with Gasteiger partial charge >= 0.3 is 0 Å². The lowest BCUT2D eigenvalue weighted by Gasteiger charge is -2.39. The SMILES string of the molecule is COc1ccc2c(c1)[C@H](Nc1ccc(S(C)(=O)=O)cc1)C[C@H](C)N2C(C)=O. The summed E-state index contributed by atoms with van der Waals surface area (Å²) < 4.78 is 28.6. The highest BCUT2D eigenvalue weighted by Crippen LogP contribution is 2.40. The van der Waals surface area contributed by atoms with Crippen LogP contribution in [0, 0.1) is 0 Å². The first-order valence-electron chi connectivity index (χ1n) is 8.75. The van der Waals surface area contributed by atoms with Crippen LogP contribution < -0.4 is 15.0 Å². The molecule has 7 heteroatoms. The number of hydrogen-bond donors (Lipinski definition) is 1. The zero-order valence-corrected chi connectivity index (χ0v) is 16.7. The standard InChI is InChI=1S/C20H24N2O4S/c1-13-11-19(21-15-5-8-17(9-6-15)27(4,24)25)18-12-16(26-3)7-10-20(18)22(13)14(2)23/h5-10,12-13,19,21H,11H2,1-4H3/t13-,19+/m0/s1. The molecular formula is C20H24N2O4S. The summed E-state index contributed by atoms with van der Waals surface area (Å²) in [6, 6.07) is 12.4. The van der Waals surface area contributed by atoms with E-state index in [1.54, 1.807) is 43.2 Å². The Kier molecular flexibility index (Phi) is 5.15. The minimum Gasteiger partial charge on any atom is -0.497 e. The number of ether oxygens (including phenoxy) is 1. The molecule has 0 bridgehead atoms. The van der Waals surface area contributed by atoms with Gasteiger partial charge in [0.05, 0.1) is 18.0 Å². The fraction of sp³-hybridized carbons (Fsp3) is 0.350. The van der Waals surface area contributed by atoms with Crippen molar-refractivity contribution < 1.29 is 17.9 Å². The van der Waals surface area contributed by atoms with E-state index in [1.807, 2.05) is 25.1 Å². The molecule has 0 radical (unpaired) electrons. The van der Waals surface area contributed by atoms with Crippen molar-refractivity contribution >= 4 is 27.1 Å². The number of benzene rings is 2. The Balaban J connectivity index is 1.96. The Hall–Kier alpha value is -2.54. The number of carbonyl (C=O) groups is 1. The summed E-state index contributed by atoms with van der Waals surface area (Å²) in [5.74, 6) is 0.732. The molecule has 1 heterocycles. The number of fused-ring (bicyclic) bond motifs is 1. The van der Waals surface area contributed by atoms with Gasteiger partial charge in [-0.3, -0.25) is 4.79 Å². The van der Waals surface area contributed by atoms with Crippen molar-refractivity contribution in [2.24, 2.45) is 0 Å². The molecule has 144 valence electrons. The smallest absolute Gasteiger partial charge is 0.224 e. The molecule has 2 atom stereocenters. The Bertz CT molecular complexity index is 954. The summed E-state index contributed by atoms with van der Waals surface area (Å²) in [5.41, 5.74) is 2.67. The molecular weight excluding hydrogens is 364 g/mol. The van der Waals surface area contributed by atoms with E-state index in [1.165, 1.54) is 6.26 Å². The van der Waals surface area contributed by atoms with Gasteiger partial charge in [0, 0.05) is 36.2 Å². The van der Waals surface area contributed by atoms with E-state index in [4.69, 9.17) is 4.74 Å². The van der Waals surface area contributed by atoms with Crippen LogP contribution >= 0.6 is 0 Å². The molecule has 0 fully saturated rings. The zero-order valence-electron chi connectivity index (χ0n) is 15.9. The third-order valence-electron chi connectivity index (χ3n) is 4.85. The van der Waals surface area contributed by atoms with Crippen molar-refractivity contribution in [3.63, 3.8) is 0 Å². The van der Waals surface area contributed by atoms with E-state index in [0.717, 1.165) is 29.1 Å². The molecule has 6 nitrogen and oxygen atoms in total. The highest BCUT2D eigenvalue weighted by molar-refractivity contribution is 7.90. The number of nitrogens with one attached hydrogen (secondary N) is 1. The molecule has 1 aliphatic rings. The fourth-order valence-electron chi connectivity index (χ4n) is 3.59. The molecule has 0 saturated heterocycles. The normalized spacial score (nSPS) is 19.3. The number of rotatable bonds is 4. The number of hydrogen-bond acceptors (Lipinski definition) is 5. The monoisotopic (exact) mass is 388 g/mol. The Morgan fingerprint density at radius 2 is 1.85 bits per heavy atom. The molecule has 0 aromatic heterocycles. The topological polar surface area (TPSA) is 75.7 Å². The van der Waals surface area contributed by atoms with Gasteiger partial charge in [-0.1, -0.05) is 0 Å². The number of amides is 1. The molecule has 1 aliphatic heterocycles. The van der Waals surface area contributed by atoms with Crippen LogP contribution in [0.15, 0.2) is 47.4 Å². The summed E-state index contributed by atoms with van der Waals surface area (Å²) >= 11 is 0. The van der Waals surface area contributed by atoms with E-state index < -0.39 is 9.84 Å². The van der Waals surface area contributed by atoms with Crippen LogP contribution in [0.3, 0.4) is 0 Å². The van der Waals surface area contributed by atoms with Gasteiger partial charge in [-0.05, 0) is 55.8 Å². The predicted octanol–water partition coefficient (Wildman–Crippen LogP) is 3.40. The molecule has 0 unspecified atom stereocenters. The summed E-state index contributed by atoms with van der Waals surface area (Å²) in [5, 5.41) is 3.47. The fourth-order valence-corrected chi connectivity index (χ4v) is 4.22. The number of nitrogens with zero attached hydrogens (tertiary/aromatic N) is 1. The van der Waals surface area contributed by atoms with Gasteiger partial charge in [-0.25, -0.2) is 8.42 Å². The highest BCUT2D eigenvalue weighted by atomic mass is 32.2. The number of methoxy groups -OCH3 is 1. The molecule has 3 rings (SSSR count). The van der Waals surface area contributed by atoms with E-state index in [-0.39, 0.29) is 22.9 Å². The Labute approximate surface area is 160 Å². The maximum Gasteiger partial charge on any atom is 0.224 e. The van der Waals surface area contributed by atoms with Gasteiger partial charge in [0.15, 0.2) is 9.84 Å². The van der Waals surface area contributed by atoms with Crippen LogP contribution in [0.5, 0.6) is 5.75 Å². The second kappa shape index (κ2) is 7.23. The lowest BCUT2D eigenvalue weighted by Crippen LogP contribution is -2.43. The minimum atomic E-state index is -3.22. The van der Waals surface area contributed by atoms with Gasteiger partial charge < -0.3 is 15.0 Å². The molecule has 2 aromatic rings. The second-order valence-electron chi connectivity index (χ2n) is 6.89. The van der Waals surface area contributed by atoms with Crippen molar-refractivity contribution in [2.45, 2.75) is 37.2 Å². The van der Waals surface area contributed by atoms with Crippen molar-refractivity contribution in [2.75, 3.05) is 23.6 Å². The van der Waals surface area contributed by atoms with Gasteiger partial charge in [-0.2, -0.15) is 0 Å². The first-order valence-corrected chi connectivity index (χ1v) is 10.6. The van der Waals surface area contributed by atoms with Crippen LogP contribution in [-0.2, 0) is 14.6 Å². The summed E-state index contributed by atoms with van der Waals surface area (Å²) in [7, 11) is -1.61. The minimum absolute atomic E-state index is 0.00451. The van der Waals surface area contributed by atoms with E-state index in [9.17, 15) is 13.2 Å². The van der Waals surface area contributed by atoms with Crippen LogP contribution in [-0.4, -0.2) is 33.7 Å².